The summed E-state index contributed by atoms with van der Waals surface area (Å²) in [4.78, 5) is 24.7. The highest BCUT2D eigenvalue weighted by Gasteiger charge is 2.31. The predicted octanol–water partition coefficient (Wildman–Crippen LogP) is 2.07. The molecule has 1 fully saturated rings. The summed E-state index contributed by atoms with van der Waals surface area (Å²) in [5.41, 5.74) is 0.164. The maximum Gasteiger partial charge on any atom is 0.410 e. The van der Waals surface area contributed by atoms with Crippen LogP contribution in [0.25, 0.3) is 0 Å². The third-order valence-electron chi connectivity index (χ3n) is 3.34. The van der Waals surface area contributed by atoms with E-state index in [0.717, 1.165) is 6.42 Å². The van der Waals surface area contributed by atoms with Gasteiger partial charge in [0.2, 0.25) is 0 Å². The second kappa shape index (κ2) is 5.38. The summed E-state index contributed by atoms with van der Waals surface area (Å²) in [6.45, 7) is 8.22. The van der Waals surface area contributed by atoms with E-state index in [9.17, 15) is 9.59 Å². The molecule has 1 aromatic heterocycles. The number of hydrogen-bond donors (Lipinski definition) is 1. The highest BCUT2D eigenvalue weighted by atomic mass is 16.6. The molecule has 2 rings (SSSR count). The first-order chi connectivity index (χ1) is 9.67. The molecule has 1 amide bonds. The summed E-state index contributed by atoms with van der Waals surface area (Å²) in [6.07, 6.45) is 1.92. The number of rotatable bonds is 2. The molecule has 7 heteroatoms. The number of nitrogens with zero attached hydrogens (tertiary/aromatic N) is 3. The van der Waals surface area contributed by atoms with Gasteiger partial charge in [-0.1, -0.05) is 0 Å². The van der Waals surface area contributed by atoms with E-state index in [1.807, 2.05) is 20.8 Å². The van der Waals surface area contributed by atoms with Gasteiger partial charge in [-0.15, -0.1) is 0 Å². The largest absolute Gasteiger partial charge is 0.478 e. The Morgan fingerprint density at radius 3 is 2.62 bits per heavy atom. The number of carbonyl (C=O) groups is 2. The second-order valence-electron chi connectivity index (χ2n) is 6.28. The van der Waals surface area contributed by atoms with Crippen molar-refractivity contribution in [2.45, 2.75) is 45.8 Å². The number of aromatic nitrogens is 2. The summed E-state index contributed by atoms with van der Waals surface area (Å²) in [5, 5.41) is 13.3. The number of carbonyl (C=O) groups excluding carboxylic acids is 1. The van der Waals surface area contributed by atoms with E-state index in [1.54, 1.807) is 16.5 Å². The number of ether oxygens (including phenoxy) is 1. The number of hydrogen-bond acceptors (Lipinski definition) is 4. The Morgan fingerprint density at radius 1 is 1.43 bits per heavy atom. The molecule has 7 nitrogen and oxygen atoms in total. The van der Waals surface area contributed by atoms with Crippen molar-refractivity contribution in [2.24, 2.45) is 0 Å². The minimum atomic E-state index is -0.985. The van der Waals surface area contributed by atoms with Crippen LogP contribution in [0.3, 0.4) is 0 Å². The van der Waals surface area contributed by atoms with Gasteiger partial charge >= 0.3 is 12.1 Å². The Hall–Kier alpha value is -2.05. The highest BCUT2D eigenvalue weighted by Crippen LogP contribution is 2.24. The van der Waals surface area contributed by atoms with Crippen LogP contribution >= 0.6 is 0 Å². The van der Waals surface area contributed by atoms with Crippen molar-refractivity contribution in [1.82, 2.24) is 14.7 Å². The summed E-state index contributed by atoms with van der Waals surface area (Å²) >= 11 is 0. The molecule has 0 spiro atoms. The SMILES string of the molecule is Cc1nn([C@@H]2CCN(C(=O)OC(C)(C)C)C2)cc1C(=O)O. The van der Waals surface area contributed by atoms with Crippen LogP contribution in [0.2, 0.25) is 0 Å². The standard InChI is InChI=1S/C14H21N3O4/c1-9-11(12(18)19)8-17(15-9)10-5-6-16(7-10)13(20)21-14(2,3)4/h8,10H,5-7H2,1-4H3,(H,18,19)/t10-/m1/s1. The van der Waals surface area contributed by atoms with Crippen LogP contribution in [0.15, 0.2) is 6.20 Å². The number of carboxylic acids is 1. The first kappa shape index (κ1) is 15.3. The average Bonchev–Trinajstić information content (AvgIpc) is 2.92. The maximum absolute atomic E-state index is 12.0. The lowest BCUT2D eigenvalue weighted by molar-refractivity contribution is 0.0288. The van der Waals surface area contributed by atoms with Crippen LogP contribution < -0.4 is 0 Å². The molecule has 0 saturated carbocycles. The topological polar surface area (TPSA) is 84.7 Å². The second-order valence-corrected chi connectivity index (χ2v) is 6.28. The smallest absolute Gasteiger partial charge is 0.410 e. The van der Waals surface area contributed by atoms with Gasteiger partial charge in [-0.2, -0.15) is 5.10 Å². The van der Waals surface area contributed by atoms with Crippen LogP contribution in [0.4, 0.5) is 4.79 Å². The zero-order valence-corrected chi connectivity index (χ0v) is 12.8. The molecule has 0 bridgehead atoms. The van der Waals surface area contributed by atoms with Gasteiger partial charge in [0.05, 0.1) is 11.7 Å². The number of carboxylic acid groups (broad SMARTS) is 1. The number of amides is 1. The Balaban J connectivity index is 2.04. The van der Waals surface area contributed by atoms with Crippen molar-refractivity contribution in [2.75, 3.05) is 13.1 Å². The third-order valence-corrected chi connectivity index (χ3v) is 3.34. The van der Waals surface area contributed by atoms with Crippen molar-refractivity contribution in [3.63, 3.8) is 0 Å². The molecular formula is C14H21N3O4. The number of aromatic carboxylic acids is 1. The van der Waals surface area contributed by atoms with Crippen LogP contribution in [0, 0.1) is 6.92 Å². The van der Waals surface area contributed by atoms with E-state index in [2.05, 4.69) is 5.10 Å². The van der Waals surface area contributed by atoms with E-state index in [-0.39, 0.29) is 17.7 Å². The summed E-state index contributed by atoms with van der Waals surface area (Å²) in [5.74, 6) is -0.985. The van der Waals surface area contributed by atoms with Crippen molar-refractivity contribution in [1.29, 1.82) is 0 Å². The van der Waals surface area contributed by atoms with Gasteiger partial charge in [0.1, 0.15) is 11.2 Å². The fourth-order valence-corrected chi connectivity index (χ4v) is 2.33. The van der Waals surface area contributed by atoms with E-state index >= 15 is 0 Å². The van der Waals surface area contributed by atoms with Crippen LogP contribution in [-0.2, 0) is 4.74 Å². The Morgan fingerprint density at radius 2 is 2.10 bits per heavy atom. The van der Waals surface area contributed by atoms with Gasteiger partial charge in [0, 0.05) is 19.3 Å². The minimum absolute atomic E-state index is 0.00989. The first-order valence-electron chi connectivity index (χ1n) is 6.94. The lowest BCUT2D eigenvalue weighted by Crippen LogP contribution is -2.35. The highest BCUT2D eigenvalue weighted by molar-refractivity contribution is 5.88. The molecule has 0 unspecified atom stereocenters. The summed E-state index contributed by atoms with van der Waals surface area (Å²) < 4.78 is 6.98. The van der Waals surface area contributed by atoms with Gasteiger partial charge in [-0.05, 0) is 34.1 Å². The molecule has 2 heterocycles. The van der Waals surface area contributed by atoms with E-state index in [1.165, 1.54) is 6.20 Å². The van der Waals surface area contributed by atoms with Gasteiger partial charge in [0.25, 0.3) is 0 Å². The van der Waals surface area contributed by atoms with Crippen molar-refractivity contribution >= 4 is 12.1 Å². The molecule has 1 atom stereocenters. The quantitative estimate of drug-likeness (QED) is 0.902. The van der Waals surface area contributed by atoms with E-state index in [4.69, 9.17) is 9.84 Å². The summed E-state index contributed by atoms with van der Waals surface area (Å²) in [6, 6.07) is -0.00989. The summed E-state index contributed by atoms with van der Waals surface area (Å²) in [7, 11) is 0. The molecular weight excluding hydrogens is 274 g/mol. The van der Waals surface area contributed by atoms with E-state index < -0.39 is 11.6 Å². The molecule has 0 aliphatic carbocycles. The lowest BCUT2D eigenvalue weighted by atomic mass is 10.2. The molecule has 1 aliphatic heterocycles. The number of likely N-dealkylation sites (tertiary alicyclic amines) is 1. The fraction of sp³-hybridized carbons (Fsp3) is 0.643. The molecule has 0 radical (unpaired) electrons. The Kier molecular flexibility index (Phi) is 3.93. The van der Waals surface area contributed by atoms with Crippen molar-refractivity contribution in [3.8, 4) is 0 Å². The molecule has 116 valence electrons. The fourth-order valence-electron chi connectivity index (χ4n) is 2.33. The number of aryl methyl sites for hydroxylation is 1. The Bertz CT molecular complexity index is 559. The van der Waals surface area contributed by atoms with Crippen LogP contribution in [0.1, 0.15) is 49.3 Å². The lowest BCUT2D eigenvalue weighted by Gasteiger charge is -2.24. The molecule has 1 N–H and O–H groups in total. The molecule has 21 heavy (non-hydrogen) atoms. The van der Waals surface area contributed by atoms with Gasteiger partial charge in [-0.25, -0.2) is 9.59 Å². The zero-order chi connectivity index (χ0) is 15.8. The molecule has 1 aliphatic rings. The van der Waals surface area contributed by atoms with Gasteiger partial charge in [-0.3, -0.25) is 4.68 Å². The average molecular weight is 295 g/mol. The predicted molar refractivity (Wildman–Crippen MR) is 75.4 cm³/mol. The van der Waals surface area contributed by atoms with Crippen LogP contribution in [0.5, 0.6) is 0 Å². The first-order valence-corrected chi connectivity index (χ1v) is 6.94. The molecule has 1 aromatic rings. The van der Waals surface area contributed by atoms with Gasteiger partial charge < -0.3 is 14.7 Å². The van der Waals surface area contributed by atoms with Crippen LogP contribution in [-0.4, -0.2) is 50.5 Å². The molecule has 1 saturated heterocycles. The van der Waals surface area contributed by atoms with E-state index in [0.29, 0.717) is 18.8 Å². The maximum atomic E-state index is 12.0. The molecule has 0 aromatic carbocycles. The van der Waals surface area contributed by atoms with Crippen molar-refractivity contribution in [3.05, 3.63) is 17.5 Å². The van der Waals surface area contributed by atoms with Gasteiger partial charge in [0.15, 0.2) is 0 Å². The minimum Gasteiger partial charge on any atom is -0.478 e. The third kappa shape index (κ3) is 3.53. The van der Waals surface area contributed by atoms with Crippen molar-refractivity contribution < 1.29 is 19.4 Å². The Labute approximate surface area is 123 Å². The normalized spacial score (nSPS) is 18.9. The monoisotopic (exact) mass is 295 g/mol. The zero-order valence-electron chi connectivity index (χ0n) is 12.8.